The highest BCUT2D eigenvalue weighted by molar-refractivity contribution is 7.92. The van der Waals surface area contributed by atoms with Gasteiger partial charge in [0.15, 0.2) is 5.13 Å². The monoisotopic (exact) mass is 535 g/mol. The summed E-state index contributed by atoms with van der Waals surface area (Å²) < 4.78 is 28.8. The molecule has 192 valence electrons. The summed E-state index contributed by atoms with van der Waals surface area (Å²) in [7, 11) is -1.62. The van der Waals surface area contributed by atoms with Gasteiger partial charge in [-0.05, 0) is 68.6 Å². The van der Waals surface area contributed by atoms with Crippen LogP contribution in [-0.2, 0) is 10.0 Å². The van der Waals surface area contributed by atoms with Crippen LogP contribution in [0.25, 0.3) is 10.2 Å². The summed E-state index contributed by atoms with van der Waals surface area (Å²) in [6, 6.07) is 20.7. The predicted molar refractivity (Wildman–Crippen MR) is 150 cm³/mol. The quantitative estimate of drug-likeness (QED) is 0.375. The van der Waals surface area contributed by atoms with Crippen LogP contribution in [0.1, 0.15) is 17.3 Å². The van der Waals surface area contributed by atoms with Crippen molar-refractivity contribution in [2.45, 2.75) is 11.8 Å². The van der Waals surface area contributed by atoms with Crippen molar-refractivity contribution in [3.8, 4) is 0 Å². The Bertz CT molecular complexity index is 1500. The van der Waals surface area contributed by atoms with Crippen LogP contribution in [0.2, 0.25) is 0 Å². The molecule has 1 fully saturated rings. The molecule has 2 heterocycles. The number of nitrogens with one attached hydrogen (secondary N) is 1. The van der Waals surface area contributed by atoms with Gasteiger partial charge in [-0.3, -0.25) is 9.10 Å². The molecule has 4 aromatic rings. The first kappa shape index (κ1) is 25.2. The zero-order valence-corrected chi connectivity index (χ0v) is 22.4. The number of anilines is 3. The minimum atomic E-state index is -3.75. The van der Waals surface area contributed by atoms with Crippen LogP contribution in [-0.4, -0.2) is 64.0 Å². The lowest BCUT2D eigenvalue weighted by molar-refractivity contribution is 0.102. The summed E-state index contributed by atoms with van der Waals surface area (Å²) in [5, 5.41) is 3.92. The average molecular weight is 536 g/mol. The molecular formula is C27H29N5O3S2. The van der Waals surface area contributed by atoms with Gasteiger partial charge in [-0.15, -0.1) is 0 Å². The first-order valence-electron chi connectivity index (χ1n) is 12.2. The number of carbonyl (C=O) groups is 1. The second-order valence-corrected chi connectivity index (χ2v) is 11.8. The zero-order valence-electron chi connectivity index (χ0n) is 20.8. The highest BCUT2D eigenvalue weighted by Crippen LogP contribution is 2.31. The van der Waals surface area contributed by atoms with Gasteiger partial charge in [0.1, 0.15) is 0 Å². The van der Waals surface area contributed by atoms with Gasteiger partial charge in [0.25, 0.3) is 15.9 Å². The van der Waals surface area contributed by atoms with Gasteiger partial charge in [-0.25, -0.2) is 13.4 Å². The molecule has 1 aliphatic heterocycles. The minimum absolute atomic E-state index is 0.136. The van der Waals surface area contributed by atoms with E-state index in [0.717, 1.165) is 41.5 Å². The van der Waals surface area contributed by atoms with Crippen LogP contribution in [0.3, 0.4) is 0 Å². The highest BCUT2D eigenvalue weighted by atomic mass is 32.2. The molecule has 1 aliphatic rings. The van der Waals surface area contributed by atoms with E-state index in [0.29, 0.717) is 23.5 Å². The number of aromatic nitrogens is 1. The van der Waals surface area contributed by atoms with Crippen LogP contribution >= 0.6 is 11.3 Å². The van der Waals surface area contributed by atoms with Crippen molar-refractivity contribution in [2.24, 2.45) is 0 Å². The summed E-state index contributed by atoms with van der Waals surface area (Å²) in [4.78, 5) is 22.4. The number of thiazole rings is 1. The van der Waals surface area contributed by atoms with Crippen molar-refractivity contribution in [2.75, 3.05) is 54.3 Å². The smallest absolute Gasteiger partial charge is 0.264 e. The molecule has 0 radical (unpaired) electrons. The Balaban J connectivity index is 1.30. The standard InChI is InChI=1S/C27H29N5O3S2/c1-3-32(22-7-5-4-6-8-22)37(34,35)23-12-9-20(10-13-23)26(33)28-21-11-14-24-25(19-21)36-27(29-24)31-17-15-30(2)16-18-31/h4-14,19H,3,15-18H2,1-2H3,(H,28,33). The van der Waals surface area contributed by atoms with Gasteiger partial charge in [-0.1, -0.05) is 29.5 Å². The number of benzene rings is 3. The van der Waals surface area contributed by atoms with E-state index in [1.165, 1.54) is 28.6 Å². The summed E-state index contributed by atoms with van der Waals surface area (Å²) in [6.45, 7) is 6.02. The molecule has 3 aromatic carbocycles. The molecule has 0 saturated carbocycles. The van der Waals surface area contributed by atoms with Crippen molar-refractivity contribution < 1.29 is 13.2 Å². The first-order valence-corrected chi connectivity index (χ1v) is 14.4. The molecule has 0 unspecified atom stereocenters. The van der Waals surface area contributed by atoms with Crippen LogP contribution in [0.4, 0.5) is 16.5 Å². The Morgan fingerprint density at radius 3 is 2.38 bits per heavy atom. The van der Waals surface area contributed by atoms with E-state index in [9.17, 15) is 13.2 Å². The van der Waals surface area contributed by atoms with Gasteiger partial charge in [0.2, 0.25) is 0 Å². The van der Waals surface area contributed by atoms with Crippen LogP contribution in [0, 0.1) is 0 Å². The summed E-state index contributed by atoms with van der Waals surface area (Å²) in [5.41, 5.74) is 2.56. The second-order valence-electron chi connectivity index (χ2n) is 8.95. The molecular weight excluding hydrogens is 506 g/mol. The number of likely N-dealkylation sites (N-methyl/N-ethyl adjacent to an activating group) is 1. The Hall–Kier alpha value is -3.47. The zero-order chi connectivity index (χ0) is 26.0. The molecule has 0 spiro atoms. The second kappa shape index (κ2) is 10.5. The van der Waals surface area contributed by atoms with E-state index in [2.05, 4.69) is 22.2 Å². The number of hydrogen-bond acceptors (Lipinski definition) is 7. The first-order chi connectivity index (χ1) is 17.8. The van der Waals surface area contributed by atoms with Crippen molar-refractivity contribution >= 4 is 54.0 Å². The lowest BCUT2D eigenvalue weighted by Crippen LogP contribution is -2.44. The number of nitrogens with zero attached hydrogens (tertiary/aromatic N) is 4. The van der Waals surface area contributed by atoms with Gasteiger partial charge < -0.3 is 15.1 Å². The number of fused-ring (bicyclic) bond motifs is 1. The Morgan fingerprint density at radius 1 is 1.00 bits per heavy atom. The lowest BCUT2D eigenvalue weighted by atomic mass is 10.2. The molecule has 10 heteroatoms. The molecule has 1 saturated heterocycles. The van der Waals surface area contributed by atoms with E-state index in [1.807, 2.05) is 24.3 Å². The molecule has 1 amide bonds. The maximum Gasteiger partial charge on any atom is 0.264 e. The van der Waals surface area contributed by atoms with Crippen LogP contribution < -0.4 is 14.5 Å². The fourth-order valence-electron chi connectivity index (χ4n) is 4.32. The normalized spacial score (nSPS) is 14.6. The van der Waals surface area contributed by atoms with Gasteiger partial charge in [0, 0.05) is 44.0 Å². The molecule has 1 aromatic heterocycles. The SMILES string of the molecule is CCN(c1ccccc1)S(=O)(=O)c1ccc(C(=O)Nc2ccc3nc(N4CCN(C)CC4)sc3c2)cc1. The van der Waals surface area contributed by atoms with Gasteiger partial charge >= 0.3 is 0 Å². The number of carbonyl (C=O) groups excluding carboxylic acids is 1. The van der Waals surface area contributed by atoms with E-state index < -0.39 is 10.0 Å². The molecule has 5 rings (SSSR count). The molecule has 8 nitrogen and oxygen atoms in total. The third-order valence-corrected chi connectivity index (χ3v) is 9.44. The highest BCUT2D eigenvalue weighted by Gasteiger charge is 2.24. The number of para-hydroxylation sites is 1. The van der Waals surface area contributed by atoms with E-state index in [-0.39, 0.29) is 10.8 Å². The fraction of sp³-hybridized carbons (Fsp3) is 0.259. The number of hydrogen-bond donors (Lipinski definition) is 1. The molecule has 0 atom stereocenters. The molecule has 1 N–H and O–H groups in total. The van der Waals surface area contributed by atoms with Crippen molar-refractivity contribution in [1.82, 2.24) is 9.88 Å². The van der Waals surface area contributed by atoms with E-state index >= 15 is 0 Å². The molecule has 0 aliphatic carbocycles. The minimum Gasteiger partial charge on any atom is -0.345 e. The number of sulfonamides is 1. The molecule has 37 heavy (non-hydrogen) atoms. The number of rotatable bonds is 7. The number of piperazine rings is 1. The Kier molecular flexibility index (Phi) is 7.14. The van der Waals surface area contributed by atoms with Crippen LogP contribution in [0.5, 0.6) is 0 Å². The topological polar surface area (TPSA) is 85.8 Å². The Morgan fingerprint density at radius 2 is 1.70 bits per heavy atom. The predicted octanol–water partition coefficient (Wildman–Crippen LogP) is 4.52. The van der Waals surface area contributed by atoms with E-state index in [4.69, 9.17) is 4.98 Å². The van der Waals surface area contributed by atoms with Crippen LogP contribution in [0.15, 0.2) is 77.7 Å². The van der Waals surface area contributed by atoms with Gasteiger partial charge in [-0.2, -0.15) is 0 Å². The molecule has 0 bridgehead atoms. The number of amides is 1. The third-order valence-electron chi connectivity index (χ3n) is 6.44. The fourth-order valence-corrected chi connectivity index (χ4v) is 6.85. The largest absolute Gasteiger partial charge is 0.345 e. The summed E-state index contributed by atoms with van der Waals surface area (Å²) >= 11 is 1.62. The summed E-state index contributed by atoms with van der Waals surface area (Å²) in [6.07, 6.45) is 0. The lowest BCUT2D eigenvalue weighted by Gasteiger charge is -2.31. The Labute approximate surface area is 221 Å². The van der Waals surface area contributed by atoms with E-state index in [1.54, 1.807) is 42.5 Å². The maximum absolute atomic E-state index is 13.2. The van der Waals surface area contributed by atoms with Crippen molar-refractivity contribution in [1.29, 1.82) is 0 Å². The third kappa shape index (κ3) is 5.31. The maximum atomic E-state index is 13.2. The van der Waals surface area contributed by atoms with Gasteiger partial charge in [0.05, 0.1) is 20.8 Å². The van der Waals surface area contributed by atoms with Crippen molar-refractivity contribution in [3.63, 3.8) is 0 Å². The van der Waals surface area contributed by atoms with Crippen molar-refractivity contribution in [3.05, 3.63) is 78.4 Å². The average Bonchev–Trinajstić information content (AvgIpc) is 3.33. The summed E-state index contributed by atoms with van der Waals surface area (Å²) in [5.74, 6) is -0.303.